The molecule has 2 saturated heterocycles. The smallest absolute Gasteiger partial charge is 0.496 e. The molecule has 2 aliphatic heterocycles. The van der Waals surface area contributed by atoms with Gasteiger partial charge in [0.25, 0.3) is 0 Å². The number of hydrogen-bond acceptors (Lipinski definition) is 5. The number of halogens is 5. The zero-order chi connectivity index (χ0) is 18.6. The Morgan fingerprint density at radius 2 is 1.79 bits per heavy atom. The molecule has 10 heteroatoms. The highest BCUT2D eigenvalue weighted by molar-refractivity contribution is 5.85. The predicted molar refractivity (Wildman–Crippen MR) is 105 cm³/mol. The van der Waals surface area contributed by atoms with Crippen molar-refractivity contribution < 1.29 is 27.4 Å². The molecule has 1 N–H and O–H groups in total. The van der Waals surface area contributed by atoms with Gasteiger partial charge < -0.3 is 19.5 Å². The summed E-state index contributed by atoms with van der Waals surface area (Å²) < 4.78 is 53.2. The van der Waals surface area contributed by atoms with Gasteiger partial charge in [0.2, 0.25) is 0 Å². The lowest BCUT2D eigenvalue weighted by Crippen LogP contribution is -2.47. The van der Waals surface area contributed by atoms with Crippen LogP contribution in [-0.4, -0.2) is 57.8 Å². The van der Waals surface area contributed by atoms with Gasteiger partial charge in [-0.15, -0.1) is 38.0 Å². The fraction of sp³-hybridized carbons (Fsp3) is 0.667. The second-order valence-corrected chi connectivity index (χ2v) is 6.63. The molecule has 1 aromatic carbocycles. The van der Waals surface area contributed by atoms with E-state index >= 15 is 0 Å². The van der Waals surface area contributed by atoms with Crippen LogP contribution in [0.15, 0.2) is 18.2 Å². The lowest BCUT2D eigenvalue weighted by molar-refractivity contribution is -0.274. The first-order valence-electron chi connectivity index (χ1n) is 8.94. The van der Waals surface area contributed by atoms with Crippen LogP contribution in [0.5, 0.6) is 11.5 Å². The number of hydrogen-bond donors (Lipinski definition) is 1. The molecule has 0 radical (unpaired) electrons. The van der Waals surface area contributed by atoms with Crippen molar-refractivity contribution in [1.29, 1.82) is 0 Å². The minimum atomic E-state index is -4.71. The summed E-state index contributed by atoms with van der Waals surface area (Å²) in [4.78, 5) is 2.34. The summed E-state index contributed by atoms with van der Waals surface area (Å²) in [6, 6.07) is 4.32. The van der Waals surface area contributed by atoms with E-state index < -0.39 is 6.36 Å². The largest absolute Gasteiger partial charge is 0.573 e. The van der Waals surface area contributed by atoms with Crippen molar-refractivity contribution in [2.45, 2.75) is 25.2 Å². The van der Waals surface area contributed by atoms with Crippen LogP contribution in [0.3, 0.4) is 0 Å². The molecular formula is C18H27Cl2F3N2O3. The molecule has 0 spiro atoms. The number of nitrogens with zero attached hydrogens (tertiary/aromatic N) is 1. The molecule has 0 amide bonds. The van der Waals surface area contributed by atoms with E-state index in [-0.39, 0.29) is 36.6 Å². The fourth-order valence-electron chi connectivity index (χ4n) is 3.88. The molecule has 0 aromatic heterocycles. The van der Waals surface area contributed by atoms with Crippen LogP contribution in [0.25, 0.3) is 0 Å². The summed E-state index contributed by atoms with van der Waals surface area (Å²) in [5.41, 5.74) is 0.753. The quantitative estimate of drug-likeness (QED) is 0.744. The molecule has 0 unspecified atom stereocenters. The topological polar surface area (TPSA) is 43.0 Å². The van der Waals surface area contributed by atoms with E-state index in [1.54, 1.807) is 13.2 Å². The maximum Gasteiger partial charge on any atom is 0.573 e. The van der Waals surface area contributed by atoms with E-state index in [9.17, 15) is 13.2 Å². The molecule has 1 atom stereocenters. The van der Waals surface area contributed by atoms with E-state index in [0.29, 0.717) is 24.9 Å². The van der Waals surface area contributed by atoms with Gasteiger partial charge in [0.05, 0.1) is 7.11 Å². The molecular weight excluding hydrogens is 420 g/mol. The van der Waals surface area contributed by atoms with E-state index in [1.165, 1.54) is 12.1 Å². The number of nitrogens with one attached hydrogen (secondary N) is 1. The van der Waals surface area contributed by atoms with Gasteiger partial charge in [-0.1, -0.05) is 0 Å². The highest BCUT2D eigenvalue weighted by Gasteiger charge is 2.35. The first kappa shape index (κ1) is 25.1. The lowest BCUT2D eigenvalue weighted by Gasteiger charge is -2.41. The highest BCUT2D eigenvalue weighted by Crippen LogP contribution is 2.41. The van der Waals surface area contributed by atoms with Crippen LogP contribution < -0.4 is 14.8 Å². The summed E-state index contributed by atoms with van der Waals surface area (Å²) in [5, 5.41) is 3.32. The average Bonchev–Trinajstić information content (AvgIpc) is 2.63. The predicted octanol–water partition coefficient (Wildman–Crippen LogP) is 3.81. The van der Waals surface area contributed by atoms with Gasteiger partial charge in [-0.25, -0.2) is 0 Å². The summed E-state index contributed by atoms with van der Waals surface area (Å²) in [6.45, 7) is 4.76. The SMILES string of the molecule is COc1ccc(OC(F)(F)F)cc1[C@H](C1CCOCC1)N1CCNCC1.Cl.Cl. The zero-order valence-electron chi connectivity index (χ0n) is 15.7. The molecule has 3 rings (SSSR count). The molecule has 2 heterocycles. The zero-order valence-corrected chi connectivity index (χ0v) is 17.3. The van der Waals surface area contributed by atoms with Crippen LogP contribution in [-0.2, 0) is 4.74 Å². The summed E-state index contributed by atoms with van der Waals surface area (Å²) in [6.07, 6.45) is -2.96. The Morgan fingerprint density at radius 1 is 1.14 bits per heavy atom. The number of methoxy groups -OCH3 is 1. The second kappa shape index (κ2) is 11.3. The molecule has 2 aliphatic rings. The van der Waals surface area contributed by atoms with Gasteiger partial charge in [-0.2, -0.15) is 0 Å². The number of benzene rings is 1. The van der Waals surface area contributed by atoms with Crippen molar-refractivity contribution in [1.82, 2.24) is 10.2 Å². The van der Waals surface area contributed by atoms with Crippen molar-refractivity contribution in [3.63, 3.8) is 0 Å². The van der Waals surface area contributed by atoms with E-state index in [2.05, 4.69) is 15.0 Å². The summed E-state index contributed by atoms with van der Waals surface area (Å²) >= 11 is 0. The van der Waals surface area contributed by atoms with Crippen molar-refractivity contribution in [2.24, 2.45) is 5.92 Å². The molecule has 5 nitrogen and oxygen atoms in total. The molecule has 0 bridgehead atoms. The third-order valence-electron chi connectivity index (χ3n) is 5.01. The normalized spacial score (nSPS) is 19.9. The van der Waals surface area contributed by atoms with Crippen molar-refractivity contribution >= 4 is 24.8 Å². The van der Waals surface area contributed by atoms with Crippen molar-refractivity contribution in [3.8, 4) is 11.5 Å². The van der Waals surface area contributed by atoms with E-state index in [1.807, 2.05) is 0 Å². The Balaban J connectivity index is 0.00000196. The Kier molecular flexibility index (Phi) is 10.1. The Labute approximate surface area is 175 Å². The van der Waals surface area contributed by atoms with E-state index in [0.717, 1.165) is 44.6 Å². The molecule has 2 fully saturated rings. The number of ether oxygens (including phenoxy) is 3. The van der Waals surface area contributed by atoms with Gasteiger partial charge in [-0.3, -0.25) is 4.90 Å². The van der Waals surface area contributed by atoms with Crippen molar-refractivity contribution in [3.05, 3.63) is 23.8 Å². The lowest BCUT2D eigenvalue weighted by atomic mass is 9.85. The minimum absolute atomic E-state index is 0. The fourth-order valence-corrected chi connectivity index (χ4v) is 3.88. The summed E-state index contributed by atoms with van der Waals surface area (Å²) in [5.74, 6) is 0.687. The van der Waals surface area contributed by atoms with Crippen LogP contribution >= 0.6 is 24.8 Å². The highest BCUT2D eigenvalue weighted by atomic mass is 35.5. The van der Waals surface area contributed by atoms with Crippen molar-refractivity contribution in [2.75, 3.05) is 46.5 Å². The van der Waals surface area contributed by atoms with Gasteiger partial charge >= 0.3 is 6.36 Å². The maximum absolute atomic E-state index is 12.7. The van der Waals surface area contributed by atoms with Gasteiger partial charge in [0, 0.05) is 51.0 Å². The maximum atomic E-state index is 12.7. The van der Waals surface area contributed by atoms with Crippen LogP contribution in [0.4, 0.5) is 13.2 Å². The molecule has 162 valence electrons. The van der Waals surface area contributed by atoms with Crippen LogP contribution in [0.2, 0.25) is 0 Å². The number of piperazine rings is 1. The van der Waals surface area contributed by atoms with Crippen LogP contribution in [0, 0.1) is 5.92 Å². The van der Waals surface area contributed by atoms with Crippen LogP contribution in [0.1, 0.15) is 24.4 Å². The second-order valence-electron chi connectivity index (χ2n) is 6.63. The first-order chi connectivity index (χ1) is 12.5. The third kappa shape index (κ3) is 6.56. The monoisotopic (exact) mass is 446 g/mol. The van der Waals surface area contributed by atoms with Gasteiger partial charge in [-0.05, 0) is 37.0 Å². The standard InChI is InChI=1S/C18H25F3N2O3.2ClH/c1-24-16-3-2-14(26-18(19,20)21)12-15(16)17(13-4-10-25-11-5-13)23-8-6-22-7-9-23;;/h2-3,12-13,17,22H,4-11H2,1H3;2*1H/t17-;;/m0../s1. The minimum Gasteiger partial charge on any atom is -0.496 e. The van der Waals surface area contributed by atoms with Gasteiger partial charge in [0.1, 0.15) is 11.5 Å². The Bertz CT molecular complexity index is 578. The molecule has 0 saturated carbocycles. The summed E-state index contributed by atoms with van der Waals surface area (Å²) in [7, 11) is 1.54. The number of rotatable bonds is 5. The first-order valence-corrected chi connectivity index (χ1v) is 8.94. The molecule has 1 aromatic rings. The third-order valence-corrected chi connectivity index (χ3v) is 5.01. The van der Waals surface area contributed by atoms with E-state index in [4.69, 9.17) is 9.47 Å². The Morgan fingerprint density at radius 3 is 2.36 bits per heavy atom. The molecule has 28 heavy (non-hydrogen) atoms. The average molecular weight is 447 g/mol. The van der Waals surface area contributed by atoms with Gasteiger partial charge in [0.15, 0.2) is 0 Å². The molecule has 0 aliphatic carbocycles. The Hall–Kier alpha value is -0.930. The number of alkyl halides is 3.